The standard InChI is InChI=1S/C36H32IN3O5/c1-44-31-15-21(14-30(37)32(31)45-20-26-5-3-2-4-25(26)19-38)13-29-33(41)39-35(43)40(34(29)42)28-8-6-27(7-9-28)36-16-22-10-23(17-36)12-24(11-22)18-36/h2-9,13-15,22-24H,10-12,16-18,20H2,1H3,(H,39,41,43)/b29-13+. The number of amides is 4. The second kappa shape index (κ2) is 11.6. The van der Waals surface area contributed by atoms with E-state index in [1.165, 1.54) is 57.3 Å². The quantitative estimate of drug-likeness (QED) is 0.163. The van der Waals surface area contributed by atoms with E-state index in [0.29, 0.717) is 31.9 Å². The van der Waals surface area contributed by atoms with E-state index in [1.54, 1.807) is 24.3 Å². The number of nitrogens with zero attached hydrogens (tertiary/aromatic N) is 2. The van der Waals surface area contributed by atoms with Crippen LogP contribution in [0.5, 0.6) is 11.5 Å². The number of imide groups is 2. The Bertz CT molecular complexity index is 1760. The van der Waals surface area contributed by atoms with Crippen LogP contribution in [0.3, 0.4) is 0 Å². The molecule has 3 aromatic carbocycles. The van der Waals surface area contributed by atoms with Crippen LogP contribution in [0, 0.1) is 32.7 Å². The summed E-state index contributed by atoms with van der Waals surface area (Å²) in [5.74, 6) is 1.87. The second-order valence-corrected chi connectivity index (χ2v) is 14.0. The van der Waals surface area contributed by atoms with E-state index in [2.05, 4.69) is 46.1 Å². The molecule has 4 saturated carbocycles. The van der Waals surface area contributed by atoms with Gasteiger partial charge in [0, 0.05) is 5.56 Å². The van der Waals surface area contributed by atoms with Crippen LogP contribution < -0.4 is 19.7 Å². The molecule has 9 heteroatoms. The minimum absolute atomic E-state index is 0.158. The molecule has 8 nitrogen and oxygen atoms in total. The molecule has 0 aromatic heterocycles. The Hall–Kier alpha value is -4.17. The number of nitrogens with one attached hydrogen (secondary N) is 1. The molecular weight excluding hydrogens is 681 g/mol. The Labute approximate surface area is 275 Å². The van der Waals surface area contributed by atoms with Gasteiger partial charge in [0.25, 0.3) is 11.8 Å². The summed E-state index contributed by atoms with van der Waals surface area (Å²) in [5, 5.41) is 11.7. The van der Waals surface area contributed by atoms with Gasteiger partial charge in [-0.15, -0.1) is 0 Å². The second-order valence-electron chi connectivity index (χ2n) is 12.8. The number of nitriles is 1. The van der Waals surface area contributed by atoms with Crippen LogP contribution >= 0.6 is 22.6 Å². The van der Waals surface area contributed by atoms with Crippen molar-refractivity contribution < 1.29 is 23.9 Å². The summed E-state index contributed by atoms with van der Waals surface area (Å²) >= 11 is 2.10. The van der Waals surface area contributed by atoms with Crippen molar-refractivity contribution in [1.82, 2.24) is 5.32 Å². The van der Waals surface area contributed by atoms with Crippen LogP contribution in [0.15, 0.2) is 66.2 Å². The van der Waals surface area contributed by atoms with E-state index in [4.69, 9.17) is 9.47 Å². The molecule has 0 radical (unpaired) electrons. The van der Waals surface area contributed by atoms with Crippen molar-refractivity contribution in [2.45, 2.75) is 50.5 Å². The topological polar surface area (TPSA) is 109 Å². The molecule has 0 unspecified atom stereocenters. The van der Waals surface area contributed by atoms with Gasteiger partial charge in [-0.3, -0.25) is 14.9 Å². The van der Waals surface area contributed by atoms with E-state index >= 15 is 0 Å². The third kappa shape index (κ3) is 5.39. The largest absolute Gasteiger partial charge is 0.493 e. The average Bonchev–Trinajstić information content (AvgIpc) is 3.02. The van der Waals surface area contributed by atoms with Gasteiger partial charge in [-0.25, -0.2) is 9.69 Å². The van der Waals surface area contributed by atoms with Crippen molar-refractivity contribution in [3.05, 3.63) is 92.1 Å². The summed E-state index contributed by atoms with van der Waals surface area (Å²) in [6.07, 6.45) is 9.22. The number of anilines is 1. The van der Waals surface area contributed by atoms with Crippen LogP contribution in [-0.2, 0) is 21.6 Å². The van der Waals surface area contributed by atoms with Crippen LogP contribution in [0.4, 0.5) is 10.5 Å². The van der Waals surface area contributed by atoms with Gasteiger partial charge in [0.1, 0.15) is 12.2 Å². The summed E-state index contributed by atoms with van der Waals surface area (Å²) in [6.45, 7) is 0.163. The Balaban J connectivity index is 1.13. The molecule has 3 aromatic rings. The zero-order valence-electron chi connectivity index (χ0n) is 24.8. The number of carbonyl (C=O) groups excluding carboxylic acids is 3. The van der Waals surface area contributed by atoms with Crippen LogP contribution in [-0.4, -0.2) is 25.0 Å². The zero-order valence-corrected chi connectivity index (χ0v) is 27.0. The maximum atomic E-state index is 13.7. The van der Waals surface area contributed by atoms with Crippen molar-refractivity contribution in [2.24, 2.45) is 17.8 Å². The zero-order chi connectivity index (χ0) is 31.3. The number of methoxy groups -OCH3 is 1. The first kappa shape index (κ1) is 29.5. The van der Waals surface area contributed by atoms with Crippen LogP contribution in [0.2, 0.25) is 0 Å². The fourth-order valence-corrected chi connectivity index (χ4v) is 9.14. The highest BCUT2D eigenvalue weighted by molar-refractivity contribution is 14.1. The molecule has 8 rings (SSSR count). The summed E-state index contributed by atoms with van der Waals surface area (Å²) in [7, 11) is 1.50. The van der Waals surface area contributed by atoms with Crippen molar-refractivity contribution in [3.63, 3.8) is 0 Å². The third-order valence-corrected chi connectivity index (χ3v) is 10.8. The Morgan fingerprint density at radius 2 is 1.67 bits per heavy atom. The Kier molecular flexibility index (Phi) is 7.64. The Morgan fingerprint density at radius 1 is 1.00 bits per heavy atom. The number of hydrogen-bond acceptors (Lipinski definition) is 6. The van der Waals surface area contributed by atoms with Gasteiger partial charge in [-0.2, -0.15) is 5.26 Å². The lowest BCUT2D eigenvalue weighted by molar-refractivity contribution is -0.122. The number of hydrogen-bond donors (Lipinski definition) is 1. The maximum Gasteiger partial charge on any atom is 0.335 e. The SMILES string of the molecule is COc1cc(/C=C2\C(=O)NC(=O)N(c3ccc(C45CC6CC(CC(C6)C4)C5)cc3)C2=O)cc(I)c1OCc1ccccc1C#N. The number of rotatable bonds is 7. The Morgan fingerprint density at radius 3 is 2.31 bits per heavy atom. The number of benzene rings is 3. The number of urea groups is 1. The molecule has 0 atom stereocenters. The van der Waals surface area contributed by atoms with Gasteiger partial charge in [0.15, 0.2) is 11.5 Å². The highest BCUT2D eigenvalue weighted by Gasteiger charge is 2.51. The van der Waals surface area contributed by atoms with E-state index in [9.17, 15) is 19.6 Å². The van der Waals surface area contributed by atoms with E-state index < -0.39 is 17.8 Å². The van der Waals surface area contributed by atoms with Gasteiger partial charge in [-0.05, 0) is 132 Å². The number of halogens is 1. The lowest BCUT2D eigenvalue weighted by atomic mass is 9.48. The number of ether oxygens (including phenoxy) is 2. The molecule has 5 aliphatic rings. The first-order valence-electron chi connectivity index (χ1n) is 15.3. The fraction of sp³-hybridized carbons (Fsp3) is 0.333. The predicted octanol–water partition coefficient (Wildman–Crippen LogP) is 6.88. The molecule has 4 amide bonds. The van der Waals surface area contributed by atoms with E-state index in [0.717, 1.165) is 28.2 Å². The average molecular weight is 714 g/mol. The summed E-state index contributed by atoms with van der Waals surface area (Å²) in [5.41, 5.74) is 3.56. The molecule has 1 N–H and O–H groups in total. The van der Waals surface area contributed by atoms with E-state index in [-0.39, 0.29) is 17.6 Å². The first-order chi connectivity index (χ1) is 21.8. The smallest absolute Gasteiger partial charge is 0.335 e. The predicted molar refractivity (Wildman–Crippen MR) is 176 cm³/mol. The lowest BCUT2D eigenvalue weighted by Gasteiger charge is -2.57. The molecule has 1 aliphatic heterocycles. The van der Waals surface area contributed by atoms with E-state index in [1.807, 2.05) is 24.3 Å². The monoisotopic (exact) mass is 713 g/mol. The fourth-order valence-electron chi connectivity index (χ4n) is 8.36. The van der Waals surface area contributed by atoms with Crippen molar-refractivity contribution in [1.29, 1.82) is 5.26 Å². The van der Waals surface area contributed by atoms with Crippen molar-refractivity contribution in [2.75, 3.05) is 12.0 Å². The van der Waals surface area contributed by atoms with Gasteiger partial charge < -0.3 is 9.47 Å². The summed E-state index contributed by atoms with van der Waals surface area (Å²) in [4.78, 5) is 40.6. The molecule has 228 valence electrons. The molecule has 5 fully saturated rings. The van der Waals surface area contributed by atoms with Gasteiger partial charge in [-0.1, -0.05) is 30.3 Å². The maximum absolute atomic E-state index is 13.7. The normalized spacial score (nSPS) is 26.2. The van der Waals surface area contributed by atoms with Gasteiger partial charge >= 0.3 is 6.03 Å². The van der Waals surface area contributed by atoms with Crippen LogP contribution in [0.25, 0.3) is 6.08 Å². The van der Waals surface area contributed by atoms with Gasteiger partial charge in [0.05, 0.1) is 28.0 Å². The number of barbiturate groups is 1. The van der Waals surface area contributed by atoms with Gasteiger partial charge in [0.2, 0.25) is 0 Å². The molecule has 4 aliphatic carbocycles. The van der Waals surface area contributed by atoms with Crippen LogP contribution in [0.1, 0.15) is 60.8 Å². The lowest BCUT2D eigenvalue weighted by Crippen LogP contribution is -2.54. The highest BCUT2D eigenvalue weighted by atomic mass is 127. The molecular formula is C36H32IN3O5. The minimum atomic E-state index is -0.765. The molecule has 45 heavy (non-hydrogen) atoms. The summed E-state index contributed by atoms with van der Waals surface area (Å²) in [6, 6.07) is 19.8. The molecule has 0 spiro atoms. The summed E-state index contributed by atoms with van der Waals surface area (Å²) < 4.78 is 12.3. The van der Waals surface area contributed by atoms with Crippen molar-refractivity contribution >= 4 is 52.2 Å². The molecule has 1 heterocycles. The minimum Gasteiger partial charge on any atom is -0.493 e. The third-order valence-electron chi connectivity index (χ3n) is 9.95. The molecule has 1 saturated heterocycles. The highest BCUT2D eigenvalue weighted by Crippen LogP contribution is 2.60. The number of carbonyl (C=O) groups is 3. The first-order valence-corrected chi connectivity index (χ1v) is 16.3. The molecule has 4 bridgehead atoms. The van der Waals surface area contributed by atoms with Crippen molar-refractivity contribution in [3.8, 4) is 17.6 Å².